The second-order valence-corrected chi connectivity index (χ2v) is 5.67. The molecule has 0 fully saturated rings. The molecular formula is C14H15BrClN3O2. The molecule has 0 spiro atoms. The molecule has 0 saturated heterocycles. The van der Waals surface area contributed by atoms with Crippen LogP contribution < -0.4 is 10.1 Å². The van der Waals surface area contributed by atoms with Gasteiger partial charge in [0.15, 0.2) is 6.73 Å². The average molecular weight is 373 g/mol. The highest BCUT2D eigenvalue weighted by atomic mass is 79.9. The number of nitrogens with one attached hydrogen (secondary N) is 1. The third kappa shape index (κ3) is 4.47. The van der Waals surface area contributed by atoms with Crippen molar-refractivity contribution in [1.29, 1.82) is 0 Å². The first kappa shape index (κ1) is 15.9. The molecule has 0 unspecified atom stereocenters. The van der Waals surface area contributed by atoms with Gasteiger partial charge in [-0.3, -0.25) is 4.79 Å². The van der Waals surface area contributed by atoms with Crippen LogP contribution in [-0.2, 0) is 6.73 Å². The van der Waals surface area contributed by atoms with Gasteiger partial charge in [0, 0.05) is 17.2 Å². The predicted molar refractivity (Wildman–Crippen MR) is 84.6 cm³/mol. The lowest BCUT2D eigenvalue weighted by Gasteiger charge is -2.08. The third-order valence-electron chi connectivity index (χ3n) is 2.66. The van der Waals surface area contributed by atoms with Crippen LogP contribution in [0.1, 0.15) is 23.8 Å². The van der Waals surface area contributed by atoms with Gasteiger partial charge in [0.05, 0.1) is 5.02 Å². The first-order valence-electron chi connectivity index (χ1n) is 6.49. The van der Waals surface area contributed by atoms with E-state index in [-0.39, 0.29) is 12.6 Å². The van der Waals surface area contributed by atoms with Crippen molar-refractivity contribution in [1.82, 2.24) is 15.1 Å². The normalized spacial score (nSPS) is 10.4. The lowest BCUT2D eigenvalue weighted by Crippen LogP contribution is -2.24. The highest BCUT2D eigenvalue weighted by Crippen LogP contribution is 2.27. The summed E-state index contributed by atoms with van der Waals surface area (Å²) >= 11 is 9.39. The lowest BCUT2D eigenvalue weighted by molar-refractivity contribution is 0.0946. The van der Waals surface area contributed by atoms with E-state index < -0.39 is 0 Å². The minimum absolute atomic E-state index is 0.183. The quantitative estimate of drug-likeness (QED) is 0.844. The summed E-state index contributed by atoms with van der Waals surface area (Å²) in [6.45, 7) is 2.81. The van der Waals surface area contributed by atoms with Gasteiger partial charge in [-0.1, -0.05) is 34.5 Å². The second-order valence-electron chi connectivity index (χ2n) is 4.34. The number of nitrogens with zero attached hydrogens (tertiary/aromatic N) is 2. The molecule has 5 nitrogen and oxygen atoms in total. The van der Waals surface area contributed by atoms with Gasteiger partial charge in [-0.15, -0.1) is 0 Å². The maximum absolute atomic E-state index is 11.7. The number of amides is 1. The fourth-order valence-corrected chi connectivity index (χ4v) is 2.34. The zero-order chi connectivity index (χ0) is 15.2. The molecule has 1 aromatic carbocycles. The Labute approximate surface area is 136 Å². The zero-order valence-corrected chi connectivity index (χ0v) is 13.8. The number of carbonyl (C=O) groups is 1. The van der Waals surface area contributed by atoms with Crippen LogP contribution in [-0.4, -0.2) is 22.2 Å². The molecule has 0 saturated carbocycles. The fraction of sp³-hybridized carbons (Fsp3) is 0.286. The largest absolute Gasteiger partial charge is 0.470 e. The molecular weight excluding hydrogens is 358 g/mol. The van der Waals surface area contributed by atoms with Crippen LogP contribution in [0.25, 0.3) is 0 Å². The van der Waals surface area contributed by atoms with Gasteiger partial charge in [-0.2, -0.15) is 5.10 Å². The van der Waals surface area contributed by atoms with E-state index in [0.29, 0.717) is 23.0 Å². The number of hydrogen-bond donors (Lipinski definition) is 1. The second kappa shape index (κ2) is 7.47. The molecule has 0 aliphatic carbocycles. The van der Waals surface area contributed by atoms with Crippen LogP contribution in [0.5, 0.6) is 5.75 Å². The molecule has 1 amide bonds. The van der Waals surface area contributed by atoms with E-state index in [0.717, 1.165) is 10.9 Å². The Morgan fingerprint density at radius 3 is 3.00 bits per heavy atom. The molecule has 0 atom stereocenters. The molecule has 1 heterocycles. The molecule has 0 bridgehead atoms. The molecule has 21 heavy (non-hydrogen) atoms. The van der Waals surface area contributed by atoms with Crippen LogP contribution in [0.3, 0.4) is 0 Å². The van der Waals surface area contributed by atoms with E-state index in [9.17, 15) is 4.79 Å². The van der Waals surface area contributed by atoms with E-state index in [4.69, 9.17) is 16.3 Å². The van der Waals surface area contributed by atoms with Crippen LogP contribution >= 0.6 is 27.5 Å². The molecule has 2 rings (SSSR count). The Hall–Kier alpha value is -1.53. The summed E-state index contributed by atoms with van der Waals surface area (Å²) in [4.78, 5) is 11.7. The minimum Gasteiger partial charge on any atom is -0.470 e. The lowest BCUT2D eigenvalue weighted by atomic mass is 10.3. The van der Waals surface area contributed by atoms with E-state index in [1.165, 1.54) is 0 Å². The first-order chi connectivity index (χ1) is 10.1. The first-order valence-corrected chi connectivity index (χ1v) is 7.66. The maximum atomic E-state index is 11.7. The van der Waals surface area contributed by atoms with E-state index in [2.05, 4.69) is 26.3 Å². The Kier molecular flexibility index (Phi) is 5.64. The van der Waals surface area contributed by atoms with Gasteiger partial charge in [0.25, 0.3) is 5.91 Å². The molecule has 2 aromatic rings. The SMILES string of the molecule is CCCNC(=O)c1ccn(COc2ccc(Br)cc2Cl)n1. The molecule has 7 heteroatoms. The van der Waals surface area contributed by atoms with Gasteiger partial charge in [-0.25, -0.2) is 4.68 Å². The average Bonchev–Trinajstić information content (AvgIpc) is 2.93. The number of rotatable bonds is 6. The number of ether oxygens (including phenoxy) is 1. The predicted octanol–water partition coefficient (Wildman–Crippen LogP) is 3.48. The van der Waals surface area contributed by atoms with Gasteiger partial charge in [-0.05, 0) is 30.7 Å². The molecule has 1 N–H and O–H groups in total. The van der Waals surface area contributed by atoms with Gasteiger partial charge in [0.2, 0.25) is 0 Å². The number of halogens is 2. The number of carbonyl (C=O) groups excluding carboxylic acids is 1. The van der Waals surface area contributed by atoms with Gasteiger partial charge < -0.3 is 10.1 Å². The molecule has 0 aliphatic heterocycles. The Morgan fingerprint density at radius 2 is 2.29 bits per heavy atom. The van der Waals surface area contributed by atoms with E-state index >= 15 is 0 Å². The third-order valence-corrected chi connectivity index (χ3v) is 3.44. The van der Waals surface area contributed by atoms with Crippen LogP contribution in [0, 0.1) is 0 Å². The van der Waals surface area contributed by atoms with Crippen molar-refractivity contribution in [2.24, 2.45) is 0 Å². The number of hydrogen-bond acceptors (Lipinski definition) is 3. The van der Waals surface area contributed by atoms with Crippen LogP contribution in [0.15, 0.2) is 34.9 Å². The molecule has 0 radical (unpaired) electrons. The summed E-state index contributed by atoms with van der Waals surface area (Å²) in [6.07, 6.45) is 2.57. The fourth-order valence-electron chi connectivity index (χ4n) is 1.61. The van der Waals surface area contributed by atoms with E-state index in [1.807, 2.05) is 13.0 Å². The zero-order valence-electron chi connectivity index (χ0n) is 11.5. The molecule has 0 aliphatic rings. The van der Waals surface area contributed by atoms with E-state index in [1.54, 1.807) is 29.1 Å². The molecule has 1 aromatic heterocycles. The maximum Gasteiger partial charge on any atom is 0.271 e. The van der Waals surface area contributed by atoms with Crippen molar-refractivity contribution in [3.8, 4) is 5.75 Å². The minimum atomic E-state index is -0.183. The smallest absolute Gasteiger partial charge is 0.271 e. The Balaban J connectivity index is 1.95. The van der Waals surface area contributed by atoms with Crippen molar-refractivity contribution in [2.75, 3.05) is 6.54 Å². The van der Waals surface area contributed by atoms with Gasteiger partial charge >= 0.3 is 0 Å². The molecule has 112 valence electrons. The summed E-state index contributed by atoms with van der Waals surface area (Å²) in [5.41, 5.74) is 0.369. The highest BCUT2D eigenvalue weighted by Gasteiger charge is 2.09. The summed E-state index contributed by atoms with van der Waals surface area (Å²) in [7, 11) is 0. The topological polar surface area (TPSA) is 56.2 Å². The van der Waals surface area contributed by atoms with Gasteiger partial charge in [0.1, 0.15) is 11.4 Å². The Morgan fingerprint density at radius 1 is 1.48 bits per heavy atom. The summed E-state index contributed by atoms with van der Waals surface area (Å²) in [5.74, 6) is 0.379. The standard InChI is InChI=1S/C14H15BrClN3O2/c1-2-6-17-14(20)12-5-7-19(18-12)9-21-13-4-3-10(15)8-11(13)16/h3-5,7-8H,2,6,9H2,1H3,(H,17,20). The monoisotopic (exact) mass is 371 g/mol. The van der Waals surface area contributed by atoms with Crippen molar-refractivity contribution < 1.29 is 9.53 Å². The Bertz CT molecular complexity index is 630. The highest BCUT2D eigenvalue weighted by molar-refractivity contribution is 9.10. The summed E-state index contributed by atoms with van der Waals surface area (Å²) in [6, 6.07) is 7.01. The van der Waals surface area contributed by atoms with Crippen LogP contribution in [0.4, 0.5) is 0 Å². The van der Waals surface area contributed by atoms with Crippen LogP contribution in [0.2, 0.25) is 5.02 Å². The van der Waals surface area contributed by atoms with Crippen molar-refractivity contribution in [3.05, 3.63) is 45.7 Å². The van der Waals surface area contributed by atoms with Crippen molar-refractivity contribution in [2.45, 2.75) is 20.1 Å². The van der Waals surface area contributed by atoms with Crippen molar-refractivity contribution in [3.63, 3.8) is 0 Å². The number of benzene rings is 1. The number of aromatic nitrogens is 2. The summed E-state index contributed by atoms with van der Waals surface area (Å²) < 4.78 is 7.99. The van der Waals surface area contributed by atoms with Crippen molar-refractivity contribution >= 4 is 33.4 Å². The summed E-state index contributed by atoms with van der Waals surface area (Å²) in [5, 5.41) is 7.43.